The molecule has 1 fully saturated rings. The number of para-hydroxylation sites is 1. The lowest BCUT2D eigenvalue weighted by Gasteiger charge is -2.17. The standard InChI is InChI=1S/C24H18Cl2N4O2S.C3H8/c25-20-9-6-16(12-19(20)23-27-14-15-4-1-2-5-22(15)29-23)28-24(31)18-8-7-17(13-21(18)26)30-10-3-11-33(30)32;1-3-2/h1-2,4-9,12-14H,3,10-11H2,(H,28,31);3H2,1-2H3. The van der Waals surface area contributed by atoms with Gasteiger partial charge in [-0.15, -0.1) is 0 Å². The number of nitrogens with zero attached hydrogens (tertiary/aromatic N) is 3. The highest BCUT2D eigenvalue weighted by molar-refractivity contribution is 7.86. The van der Waals surface area contributed by atoms with Crippen LogP contribution in [0.3, 0.4) is 0 Å². The minimum atomic E-state index is -1.05. The zero-order valence-corrected chi connectivity index (χ0v) is 22.3. The minimum absolute atomic E-state index is 0.293. The third-order valence-corrected chi connectivity index (χ3v) is 7.53. The van der Waals surface area contributed by atoms with E-state index in [1.54, 1.807) is 46.9 Å². The number of carbonyl (C=O) groups excluding carboxylic acids is 1. The van der Waals surface area contributed by atoms with Gasteiger partial charge in [-0.1, -0.05) is 61.7 Å². The van der Waals surface area contributed by atoms with Gasteiger partial charge in [-0.2, -0.15) is 0 Å². The summed E-state index contributed by atoms with van der Waals surface area (Å²) in [6.45, 7) is 4.96. The quantitative estimate of drug-likeness (QED) is 0.298. The molecular formula is C27H26Cl2N4O2S. The van der Waals surface area contributed by atoms with Gasteiger partial charge in [-0.25, -0.2) is 14.2 Å². The number of nitrogens with one attached hydrogen (secondary N) is 1. The molecule has 1 atom stereocenters. The first kappa shape index (κ1) is 26.1. The van der Waals surface area contributed by atoms with E-state index in [1.807, 2.05) is 24.3 Å². The number of aromatic nitrogens is 2. The summed E-state index contributed by atoms with van der Waals surface area (Å²) in [5, 5.41) is 4.56. The fourth-order valence-electron chi connectivity index (χ4n) is 3.71. The Kier molecular flexibility index (Phi) is 8.56. The summed E-state index contributed by atoms with van der Waals surface area (Å²) in [4.78, 5) is 21.9. The topological polar surface area (TPSA) is 75.2 Å². The van der Waals surface area contributed by atoms with Gasteiger partial charge in [0.05, 0.1) is 26.8 Å². The van der Waals surface area contributed by atoms with E-state index in [0.29, 0.717) is 45.0 Å². The maximum atomic E-state index is 12.9. The number of rotatable bonds is 4. The van der Waals surface area contributed by atoms with E-state index >= 15 is 0 Å². The second kappa shape index (κ2) is 11.8. The molecule has 186 valence electrons. The van der Waals surface area contributed by atoms with Crippen molar-refractivity contribution in [3.05, 3.63) is 82.5 Å². The Morgan fingerprint density at radius 2 is 1.83 bits per heavy atom. The molecule has 1 aromatic heterocycles. The van der Waals surface area contributed by atoms with Crippen molar-refractivity contribution >= 4 is 62.4 Å². The lowest BCUT2D eigenvalue weighted by Crippen LogP contribution is -2.20. The van der Waals surface area contributed by atoms with E-state index in [2.05, 4.69) is 29.1 Å². The molecule has 1 saturated heterocycles. The number of fused-ring (bicyclic) bond motifs is 1. The molecule has 0 saturated carbocycles. The van der Waals surface area contributed by atoms with E-state index in [4.69, 9.17) is 23.2 Å². The van der Waals surface area contributed by atoms with Crippen LogP contribution in [-0.2, 0) is 11.0 Å². The van der Waals surface area contributed by atoms with Crippen LogP contribution >= 0.6 is 23.2 Å². The van der Waals surface area contributed by atoms with Gasteiger partial charge >= 0.3 is 0 Å². The van der Waals surface area contributed by atoms with E-state index in [-0.39, 0.29) is 5.91 Å². The largest absolute Gasteiger partial charge is 0.322 e. The van der Waals surface area contributed by atoms with Crippen molar-refractivity contribution in [3.63, 3.8) is 0 Å². The Bertz CT molecular complexity index is 1430. The second-order valence-electron chi connectivity index (χ2n) is 8.25. The molecule has 1 unspecified atom stereocenters. The molecule has 1 amide bonds. The van der Waals surface area contributed by atoms with Crippen LogP contribution in [0.25, 0.3) is 22.3 Å². The highest BCUT2D eigenvalue weighted by atomic mass is 35.5. The number of halogens is 2. The molecule has 0 bridgehead atoms. The second-order valence-corrected chi connectivity index (χ2v) is 10.6. The van der Waals surface area contributed by atoms with Gasteiger partial charge in [-0.3, -0.25) is 9.10 Å². The minimum Gasteiger partial charge on any atom is -0.322 e. The molecule has 1 N–H and O–H groups in total. The number of benzene rings is 3. The van der Waals surface area contributed by atoms with Crippen LogP contribution in [0.1, 0.15) is 37.0 Å². The van der Waals surface area contributed by atoms with Crippen LogP contribution < -0.4 is 9.62 Å². The van der Waals surface area contributed by atoms with Crippen LogP contribution in [0.4, 0.5) is 11.4 Å². The predicted octanol–water partition coefficient (Wildman–Crippen LogP) is 7.15. The van der Waals surface area contributed by atoms with Gasteiger partial charge in [-0.05, 0) is 48.9 Å². The Labute approximate surface area is 223 Å². The summed E-state index contributed by atoms with van der Waals surface area (Å²) in [6.07, 6.45) is 3.86. The summed E-state index contributed by atoms with van der Waals surface area (Å²) in [7, 11) is -1.05. The molecule has 4 aromatic rings. The molecule has 9 heteroatoms. The molecule has 1 aliphatic rings. The molecule has 0 aliphatic carbocycles. The number of anilines is 2. The van der Waals surface area contributed by atoms with Crippen LogP contribution in [-0.4, -0.2) is 32.4 Å². The highest BCUT2D eigenvalue weighted by Gasteiger charge is 2.22. The molecule has 1 aliphatic heterocycles. The Morgan fingerprint density at radius 1 is 1.06 bits per heavy atom. The molecule has 3 aromatic carbocycles. The van der Waals surface area contributed by atoms with Gasteiger partial charge in [0.25, 0.3) is 5.91 Å². The maximum Gasteiger partial charge on any atom is 0.257 e. The molecule has 0 radical (unpaired) electrons. The predicted molar refractivity (Wildman–Crippen MR) is 150 cm³/mol. The lowest BCUT2D eigenvalue weighted by atomic mass is 10.1. The van der Waals surface area contributed by atoms with Crippen molar-refractivity contribution < 1.29 is 9.00 Å². The number of amides is 1. The van der Waals surface area contributed by atoms with E-state index < -0.39 is 11.0 Å². The molecule has 36 heavy (non-hydrogen) atoms. The average molecular weight is 542 g/mol. The first-order chi connectivity index (χ1) is 17.4. The lowest BCUT2D eigenvalue weighted by molar-refractivity contribution is 0.102. The first-order valence-electron chi connectivity index (χ1n) is 11.7. The fourth-order valence-corrected chi connectivity index (χ4v) is 5.45. The van der Waals surface area contributed by atoms with Crippen molar-refractivity contribution in [2.24, 2.45) is 0 Å². The van der Waals surface area contributed by atoms with E-state index in [9.17, 15) is 9.00 Å². The zero-order chi connectivity index (χ0) is 25.7. The summed E-state index contributed by atoms with van der Waals surface area (Å²) >= 11 is 12.8. The molecule has 6 nitrogen and oxygen atoms in total. The maximum absolute atomic E-state index is 12.9. The van der Waals surface area contributed by atoms with Gasteiger partial charge in [0.1, 0.15) is 11.0 Å². The Balaban J connectivity index is 0.000000967. The summed E-state index contributed by atoms with van der Waals surface area (Å²) in [6, 6.07) is 17.9. The van der Waals surface area contributed by atoms with Gasteiger partial charge < -0.3 is 5.32 Å². The van der Waals surface area contributed by atoms with E-state index in [0.717, 1.165) is 23.0 Å². The summed E-state index contributed by atoms with van der Waals surface area (Å²) in [5.74, 6) is 0.747. The molecule has 2 heterocycles. The van der Waals surface area contributed by atoms with Crippen molar-refractivity contribution in [1.82, 2.24) is 9.97 Å². The van der Waals surface area contributed by atoms with Crippen molar-refractivity contribution in [1.29, 1.82) is 0 Å². The fraction of sp³-hybridized carbons (Fsp3) is 0.222. The molecule has 0 spiro atoms. The van der Waals surface area contributed by atoms with Crippen LogP contribution in [0, 0.1) is 0 Å². The third-order valence-electron chi connectivity index (χ3n) is 5.37. The zero-order valence-electron chi connectivity index (χ0n) is 20.0. The normalized spacial score (nSPS) is 14.9. The Morgan fingerprint density at radius 3 is 2.56 bits per heavy atom. The summed E-state index contributed by atoms with van der Waals surface area (Å²) in [5.41, 5.74) is 3.02. The van der Waals surface area contributed by atoms with Gasteiger partial charge in [0.2, 0.25) is 0 Å². The monoisotopic (exact) mass is 540 g/mol. The van der Waals surface area contributed by atoms with Crippen LogP contribution in [0.5, 0.6) is 0 Å². The van der Waals surface area contributed by atoms with Crippen molar-refractivity contribution in [2.75, 3.05) is 21.9 Å². The number of carbonyl (C=O) groups is 1. The molecular weight excluding hydrogens is 515 g/mol. The smallest absolute Gasteiger partial charge is 0.257 e. The van der Waals surface area contributed by atoms with Crippen LogP contribution in [0.15, 0.2) is 66.9 Å². The van der Waals surface area contributed by atoms with Crippen LogP contribution in [0.2, 0.25) is 10.0 Å². The average Bonchev–Trinajstić information content (AvgIpc) is 3.31. The Hall–Kier alpha value is -3.00. The van der Waals surface area contributed by atoms with Gasteiger partial charge in [0.15, 0.2) is 5.82 Å². The third kappa shape index (κ3) is 5.86. The van der Waals surface area contributed by atoms with Crippen molar-refractivity contribution in [2.45, 2.75) is 26.7 Å². The highest BCUT2D eigenvalue weighted by Crippen LogP contribution is 2.31. The van der Waals surface area contributed by atoms with Gasteiger partial charge in [0, 0.05) is 35.1 Å². The molecule has 5 rings (SSSR count). The van der Waals surface area contributed by atoms with Crippen molar-refractivity contribution in [3.8, 4) is 11.4 Å². The van der Waals surface area contributed by atoms with E-state index in [1.165, 1.54) is 6.42 Å². The SMILES string of the molecule is CCC.O=C(Nc1ccc(Cl)c(-c2ncc3ccccc3n2)c1)c1ccc(N2CCCS2=O)cc1Cl. The number of hydrogen-bond donors (Lipinski definition) is 1. The summed E-state index contributed by atoms with van der Waals surface area (Å²) < 4.78 is 13.9. The number of hydrogen-bond acceptors (Lipinski definition) is 4. The first-order valence-corrected chi connectivity index (χ1v) is 13.7.